The summed E-state index contributed by atoms with van der Waals surface area (Å²) in [7, 11) is 0. The fourth-order valence-electron chi connectivity index (χ4n) is 7.63. The summed E-state index contributed by atoms with van der Waals surface area (Å²) in [6.45, 7) is 4.02. The van der Waals surface area contributed by atoms with Gasteiger partial charge in [0.25, 0.3) is 0 Å². The average Bonchev–Trinajstić information content (AvgIpc) is 3.81. The van der Waals surface area contributed by atoms with Crippen LogP contribution in [0.2, 0.25) is 0 Å². The standard InChI is InChI=1S/C36H62O8/c1-3-4-11-15-28(38)30-17-19-32(42-30)34-21-22-35(44-34)33-20-18-31(43-33)29(39)16-13-10-8-6-5-7-9-12-14-27(37)24-26-23-25(2)41-36(26)40/h23,25,27-35,37-39H,3-22,24H2,1-2H3/t25-,27+,28+,29-,30+,31+,32-,33-,34+,35-/m1/s1. The van der Waals surface area contributed by atoms with E-state index in [4.69, 9.17) is 18.9 Å². The highest BCUT2D eigenvalue weighted by atomic mass is 16.6. The van der Waals surface area contributed by atoms with Crippen molar-refractivity contribution in [2.45, 2.75) is 210 Å². The van der Waals surface area contributed by atoms with Crippen LogP contribution in [0.3, 0.4) is 0 Å². The van der Waals surface area contributed by atoms with Crippen molar-refractivity contribution < 1.29 is 39.1 Å². The molecule has 0 spiro atoms. The third-order valence-corrected chi connectivity index (χ3v) is 10.3. The van der Waals surface area contributed by atoms with Crippen LogP contribution in [0.1, 0.15) is 149 Å². The highest BCUT2D eigenvalue weighted by Gasteiger charge is 2.43. The minimum atomic E-state index is -0.465. The number of hydrogen-bond donors (Lipinski definition) is 3. The first-order chi connectivity index (χ1) is 21.3. The zero-order chi connectivity index (χ0) is 31.3. The lowest BCUT2D eigenvalue weighted by atomic mass is 10.00. The van der Waals surface area contributed by atoms with Gasteiger partial charge in [-0.1, -0.05) is 77.6 Å². The lowest BCUT2D eigenvalue weighted by Gasteiger charge is -2.25. The van der Waals surface area contributed by atoms with Crippen LogP contribution in [-0.2, 0) is 23.7 Å². The lowest BCUT2D eigenvalue weighted by Crippen LogP contribution is -2.34. The Morgan fingerprint density at radius 1 is 0.659 bits per heavy atom. The normalized spacial score (nSPS) is 32.6. The van der Waals surface area contributed by atoms with Crippen molar-refractivity contribution >= 4 is 5.97 Å². The molecule has 0 unspecified atom stereocenters. The van der Waals surface area contributed by atoms with Crippen molar-refractivity contribution in [3.63, 3.8) is 0 Å². The summed E-state index contributed by atoms with van der Waals surface area (Å²) in [5, 5.41) is 31.5. The molecule has 4 heterocycles. The second-order valence-corrected chi connectivity index (χ2v) is 14.1. The number of ether oxygens (including phenoxy) is 4. The van der Waals surface area contributed by atoms with Gasteiger partial charge in [-0.15, -0.1) is 0 Å². The zero-order valence-electron chi connectivity index (χ0n) is 27.6. The van der Waals surface area contributed by atoms with Crippen LogP contribution in [-0.4, -0.2) is 82.3 Å². The van der Waals surface area contributed by atoms with Gasteiger partial charge in [0.05, 0.1) is 54.9 Å². The van der Waals surface area contributed by atoms with Gasteiger partial charge in [0, 0.05) is 12.0 Å². The molecule has 4 aliphatic rings. The van der Waals surface area contributed by atoms with E-state index in [1.54, 1.807) is 0 Å². The van der Waals surface area contributed by atoms with Crippen LogP contribution in [0.15, 0.2) is 11.6 Å². The minimum absolute atomic E-state index is 0.0495. The fraction of sp³-hybridized carbons (Fsp3) is 0.917. The monoisotopic (exact) mass is 622 g/mol. The van der Waals surface area contributed by atoms with E-state index in [2.05, 4.69) is 6.92 Å². The van der Waals surface area contributed by atoms with Gasteiger partial charge in [-0.3, -0.25) is 0 Å². The highest BCUT2D eigenvalue weighted by Crippen LogP contribution is 2.37. The molecule has 0 aliphatic carbocycles. The molecule has 10 atom stereocenters. The molecular weight excluding hydrogens is 560 g/mol. The predicted octanol–water partition coefficient (Wildman–Crippen LogP) is 6.46. The molecule has 3 N–H and O–H groups in total. The Balaban J connectivity index is 0.980. The molecule has 0 aromatic carbocycles. The molecule has 3 fully saturated rings. The van der Waals surface area contributed by atoms with Gasteiger partial charge in [0.15, 0.2) is 0 Å². The maximum atomic E-state index is 11.7. The number of cyclic esters (lactones) is 1. The van der Waals surface area contributed by atoms with Crippen molar-refractivity contribution in [2.24, 2.45) is 0 Å². The molecule has 0 saturated carbocycles. The third kappa shape index (κ3) is 11.3. The molecule has 254 valence electrons. The third-order valence-electron chi connectivity index (χ3n) is 10.3. The van der Waals surface area contributed by atoms with Crippen molar-refractivity contribution in [1.29, 1.82) is 0 Å². The SMILES string of the molecule is CCCCC[C@H](O)[C@@H]1CC[C@H]([C@@H]2CC[C@H]([C@H]3CC[C@@H]([C@H](O)CCCCCCCCCC[C@H](O)CC4=C[C@@H](C)OC4=O)O3)O2)O1. The van der Waals surface area contributed by atoms with Crippen LogP contribution >= 0.6 is 0 Å². The number of aliphatic hydroxyl groups is 3. The van der Waals surface area contributed by atoms with Gasteiger partial charge >= 0.3 is 5.97 Å². The van der Waals surface area contributed by atoms with Gasteiger partial charge in [0.2, 0.25) is 0 Å². The van der Waals surface area contributed by atoms with Gasteiger partial charge in [-0.25, -0.2) is 4.79 Å². The number of carbonyl (C=O) groups excluding carboxylic acids is 1. The minimum Gasteiger partial charge on any atom is -0.455 e. The quantitative estimate of drug-likeness (QED) is 0.0988. The van der Waals surface area contributed by atoms with Gasteiger partial charge in [-0.05, 0) is 70.8 Å². The molecule has 0 aromatic rings. The Kier molecular flexibility index (Phi) is 15.4. The maximum Gasteiger partial charge on any atom is 0.334 e. The molecule has 3 saturated heterocycles. The topological polar surface area (TPSA) is 115 Å². The largest absolute Gasteiger partial charge is 0.455 e. The van der Waals surface area contributed by atoms with E-state index in [9.17, 15) is 20.1 Å². The molecule has 0 radical (unpaired) electrons. The summed E-state index contributed by atoms with van der Waals surface area (Å²) < 4.78 is 24.1. The zero-order valence-corrected chi connectivity index (χ0v) is 27.6. The summed E-state index contributed by atoms with van der Waals surface area (Å²) in [4.78, 5) is 11.7. The predicted molar refractivity (Wildman–Crippen MR) is 170 cm³/mol. The molecule has 4 aliphatic heterocycles. The number of rotatable bonds is 21. The molecule has 4 rings (SSSR count). The highest BCUT2D eigenvalue weighted by molar-refractivity contribution is 5.90. The van der Waals surface area contributed by atoms with E-state index < -0.39 is 12.2 Å². The molecule has 44 heavy (non-hydrogen) atoms. The molecule has 0 bridgehead atoms. The first-order valence-corrected chi connectivity index (χ1v) is 18.3. The number of esters is 1. The van der Waals surface area contributed by atoms with Crippen molar-refractivity contribution in [3.8, 4) is 0 Å². The van der Waals surface area contributed by atoms with Gasteiger partial charge < -0.3 is 34.3 Å². The molecule has 0 amide bonds. The smallest absolute Gasteiger partial charge is 0.334 e. The first kappa shape index (κ1) is 35.8. The van der Waals surface area contributed by atoms with E-state index in [1.807, 2.05) is 13.0 Å². The van der Waals surface area contributed by atoms with Crippen LogP contribution < -0.4 is 0 Å². The summed E-state index contributed by atoms with van der Waals surface area (Å²) in [5.41, 5.74) is 0.615. The molecule has 0 aromatic heterocycles. The Labute approximate surface area is 266 Å². The van der Waals surface area contributed by atoms with Crippen molar-refractivity contribution in [2.75, 3.05) is 0 Å². The Hall–Kier alpha value is -1.03. The lowest BCUT2D eigenvalue weighted by molar-refractivity contribution is -0.139. The second-order valence-electron chi connectivity index (χ2n) is 14.1. The summed E-state index contributed by atoms with van der Waals surface area (Å²) in [6, 6.07) is 0. The van der Waals surface area contributed by atoms with E-state index >= 15 is 0 Å². The Morgan fingerprint density at radius 3 is 1.61 bits per heavy atom. The average molecular weight is 623 g/mol. The Morgan fingerprint density at radius 2 is 1.11 bits per heavy atom. The van der Waals surface area contributed by atoms with Crippen LogP contribution in [0.5, 0.6) is 0 Å². The Bertz CT molecular complexity index is 863. The number of aliphatic hydroxyl groups excluding tert-OH is 3. The molecule has 8 nitrogen and oxygen atoms in total. The summed E-state index contributed by atoms with van der Waals surface area (Å²) in [5.74, 6) is -0.282. The van der Waals surface area contributed by atoms with E-state index in [0.29, 0.717) is 12.0 Å². The van der Waals surface area contributed by atoms with Crippen LogP contribution in [0.4, 0.5) is 0 Å². The van der Waals surface area contributed by atoms with Crippen LogP contribution in [0.25, 0.3) is 0 Å². The van der Waals surface area contributed by atoms with Crippen molar-refractivity contribution in [3.05, 3.63) is 11.6 Å². The van der Waals surface area contributed by atoms with Gasteiger partial charge in [-0.2, -0.15) is 0 Å². The fourth-order valence-corrected chi connectivity index (χ4v) is 7.63. The van der Waals surface area contributed by atoms with E-state index in [-0.39, 0.29) is 54.8 Å². The van der Waals surface area contributed by atoms with E-state index in [1.165, 1.54) is 25.7 Å². The van der Waals surface area contributed by atoms with Gasteiger partial charge in [0.1, 0.15) is 6.10 Å². The van der Waals surface area contributed by atoms with E-state index in [0.717, 1.165) is 103 Å². The first-order valence-electron chi connectivity index (χ1n) is 18.3. The second kappa shape index (κ2) is 19.0. The maximum absolute atomic E-state index is 11.7. The number of hydrogen-bond acceptors (Lipinski definition) is 8. The number of carbonyl (C=O) groups is 1. The molecular formula is C36H62O8. The summed E-state index contributed by atoms with van der Waals surface area (Å²) in [6.07, 6.45) is 21.5. The summed E-state index contributed by atoms with van der Waals surface area (Å²) >= 11 is 0. The molecule has 8 heteroatoms. The number of unbranched alkanes of at least 4 members (excludes halogenated alkanes) is 9. The van der Waals surface area contributed by atoms with Crippen molar-refractivity contribution in [1.82, 2.24) is 0 Å². The van der Waals surface area contributed by atoms with Crippen LogP contribution in [0, 0.1) is 0 Å².